The maximum atomic E-state index is 2.33. The Morgan fingerprint density at radius 2 is 0.676 bits per heavy atom. The molecule has 0 aromatic heterocycles. The molecule has 0 saturated heterocycles. The van der Waals surface area contributed by atoms with E-state index in [1.54, 1.807) is 0 Å². The average molecular weight is 473 g/mol. The number of rotatable bonds is 6. The highest BCUT2D eigenvalue weighted by Crippen LogP contribution is 2.34. The van der Waals surface area contributed by atoms with E-state index in [9.17, 15) is 0 Å². The summed E-state index contributed by atoms with van der Waals surface area (Å²) < 4.78 is 0. The fourth-order valence-corrected chi connectivity index (χ4v) is 5.10. The largest absolute Gasteiger partial charge is 0.0622 e. The molecular weight excluding hydrogens is 444 g/mol. The van der Waals surface area contributed by atoms with Crippen LogP contribution in [0.3, 0.4) is 0 Å². The molecule has 37 heavy (non-hydrogen) atoms. The summed E-state index contributed by atoms with van der Waals surface area (Å²) in [6.45, 7) is 0. The van der Waals surface area contributed by atoms with Gasteiger partial charge in [0.1, 0.15) is 0 Å². The molecule has 0 saturated carbocycles. The van der Waals surface area contributed by atoms with Crippen molar-refractivity contribution in [1.29, 1.82) is 0 Å². The Balaban J connectivity index is 1.27. The van der Waals surface area contributed by atoms with Crippen LogP contribution in [0.2, 0.25) is 0 Å². The molecule has 0 nitrogen and oxygen atoms in total. The molecule has 0 heterocycles. The minimum absolute atomic E-state index is 0.905. The average Bonchev–Trinajstić information content (AvgIpc) is 2.99. The fraction of sp³-hybridized carbons (Fsp3) is 0.0270. The first-order valence-corrected chi connectivity index (χ1v) is 12.8. The molecule has 0 unspecified atom stereocenters. The van der Waals surface area contributed by atoms with Gasteiger partial charge >= 0.3 is 0 Å². The lowest BCUT2D eigenvalue weighted by Gasteiger charge is -2.12. The van der Waals surface area contributed by atoms with Crippen LogP contribution in [0.25, 0.3) is 44.5 Å². The summed E-state index contributed by atoms with van der Waals surface area (Å²) in [7, 11) is 0. The summed E-state index contributed by atoms with van der Waals surface area (Å²) in [4.78, 5) is 0. The van der Waals surface area contributed by atoms with Gasteiger partial charge in [-0.2, -0.15) is 0 Å². The highest BCUT2D eigenvalue weighted by atomic mass is 14.1. The zero-order chi connectivity index (χ0) is 24.9. The standard InChI is InChI=1S/C37H28/c1-3-13-30(14-4-1)34-18-7-8-20-36(34)32-24-22-28(23-25-32)26-29-12-11-17-33(27-29)37-21-10-9-19-35(37)31-15-5-2-6-16-31/h1-25,27H,26H2. The maximum absolute atomic E-state index is 2.33. The molecule has 0 aliphatic rings. The Morgan fingerprint density at radius 3 is 1.19 bits per heavy atom. The predicted octanol–water partition coefficient (Wildman–Crippen LogP) is 9.95. The van der Waals surface area contributed by atoms with E-state index in [4.69, 9.17) is 0 Å². The van der Waals surface area contributed by atoms with Gasteiger partial charge < -0.3 is 0 Å². The van der Waals surface area contributed by atoms with Crippen molar-refractivity contribution in [2.24, 2.45) is 0 Å². The maximum Gasteiger partial charge on any atom is -0.00255 e. The Hall–Kier alpha value is -4.68. The Kier molecular flexibility index (Phi) is 6.47. The van der Waals surface area contributed by atoms with Crippen molar-refractivity contribution in [3.8, 4) is 44.5 Å². The van der Waals surface area contributed by atoms with Gasteiger partial charge in [0.05, 0.1) is 0 Å². The second-order valence-corrected chi connectivity index (χ2v) is 9.40. The summed E-state index contributed by atoms with van der Waals surface area (Å²) in [6.07, 6.45) is 0.905. The number of benzene rings is 6. The third kappa shape index (κ3) is 5.01. The topological polar surface area (TPSA) is 0 Å². The quantitative estimate of drug-likeness (QED) is 0.226. The fourth-order valence-electron chi connectivity index (χ4n) is 5.10. The minimum Gasteiger partial charge on any atom is -0.0622 e. The molecule has 0 radical (unpaired) electrons. The van der Waals surface area contributed by atoms with Crippen molar-refractivity contribution in [3.05, 3.63) is 169 Å². The van der Waals surface area contributed by atoms with E-state index in [-0.39, 0.29) is 0 Å². The van der Waals surface area contributed by atoms with E-state index < -0.39 is 0 Å². The van der Waals surface area contributed by atoms with Gasteiger partial charge in [-0.25, -0.2) is 0 Å². The molecule has 0 N–H and O–H groups in total. The smallest absolute Gasteiger partial charge is 0.00255 e. The SMILES string of the molecule is c1ccc(-c2ccccc2-c2ccc(Cc3cccc(-c4ccccc4-c4ccccc4)c3)cc2)cc1. The highest BCUT2D eigenvalue weighted by molar-refractivity contribution is 5.84. The van der Waals surface area contributed by atoms with Crippen LogP contribution >= 0.6 is 0 Å². The molecule has 0 spiro atoms. The molecule has 0 heteroatoms. The molecule has 0 amide bonds. The third-order valence-electron chi connectivity index (χ3n) is 6.93. The Labute approximate surface area is 219 Å². The molecule has 0 aliphatic carbocycles. The van der Waals surface area contributed by atoms with Crippen LogP contribution < -0.4 is 0 Å². The van der Waals surface area contributed by atoms with Crippen LogP contribution in [-0.4, -0.2) is 0 Å². The van der Waals surface area contributed by atoms with Crippen LogP contribution in [-0.2, 0) is 6.42 Å². The normalized spacial score (nSPS) is 10.8. The first-order valence-electron chi connectivity index (χ1n) is 12.8. The van der Waals surface area contributed by atoms with Crippen molar-refractivity contribution in [1.82, 2.24) is 0 Å². The van der Waals surface area contributed by atoms with Crippen molar-refractivity contribution in [2.45, 2.75) is 6.42 Å². The van der Waals surface area contributed by atoms with Gasteiger partial charge in [0.25, 0.3) is 0 Å². The molecule has 0 aliphatic heterocycles. The zero-order valence-corrected chi connectivity index (χ0v) is 20.7. The Morgan fingerprint density at radius 1 is 0.270 bits per heavy atom. The highest BCUT2D eigenvalue weighted by Gasteiger charge is 2.09. The van der Waals surface area contributed by atoms with Gasteiger partial charge in [-0.15, -0.1) is 0 Å². The molecule has 6 rings (SSSR count). The van der Waals surface area contributed by atoms with Crippen LogP contribution in [0.15, 0.2) is 158 Å². The first-order chi connectivity index (χ1) is 18.3. The summed E-state index contributed by atoms with van der Waals surface area (Å²) >= 11 is 0. The van der Waals surface area contributed by atoms with Crippen LogP contribution in [0.5, 0.6) is 0 Å². The van der Waals surface area contributed by atoms with Gasteiger partial charge in [-0.05, 0) is 62.1 Å². The van der Waals surface area contributed by atoms with Gasteiger partial charge in [-0.1, -0.05) is 158 Å². The molecule has 176 valence electrons. The molecule has 0 bridgehead atoms. The molecular formula is C37H28. The van der Waals surface area contributed by atoms with E-state index >= 15 is 0 Å². The summed E-state index contributed by atoms with van der Waals surface area (Å²) in [5, 5.41) is 0. The molecule has 6 aromatic carbocycles. The van der Waals surface area contributed by atoms with Crippen molar-refractivity contribution in [3.63, 3.8) is 0 Å². The van der Waals surface area contributed by atoms with E-state index in [1.165, 1.54) is 55.6 Å². The second kappa shape index (κ2) is 10.5. The number of hydrogen-bond acceptors (Lipinski definition) is 0. The van der Waals surface area contributed by atoms with Crippen molar-refractivity contribution < 1.29 is 0 Å². The van der Waals surface area contributed by atoms with Gasteiger partial charge in [0.15, 0.2) is 0 Å². The van der Waals surface area contributed by atoms with Crippen LogP contribution in [0, 0.1) is 0 Å². The summed E-state index contributed by atoms with van der Waals surface area (Å²) in [5.41, 5.74) is 12.7. The van der Waals surface area contributed by atoms with Crippen LogP contribution in [0.1, 0.15) is 11.1 Å². The minimum atomic E-state index is 0.905. The van der Waals surface area contributed by atoms with Gasteiger partial charge in [0.2, 0.25) is 0 Å². The lowest BCUT2D eigenvalue weighted by atomic mass is 9.92. The monoisotopic (exact) mass is 472 g/mol. The van der Waals surface area contributed by atoms with E-state index in [2.05, 4.69) is 158 Å². The van der Waals surface area contributed by atoms with Crippen molar-refractivity contribution in [2.75, 3.05) is 0 Å². The summed E-state index contributed by atoms with van der Waals surface area (Å²) in [6, 6.07) is 56.6. The van der Waals surface area contributed by atoms with E-state index in [1.807, 2.05) is 0 Å². The van der Waals surface area contributed by atoms with E-state index in [0.717, 1.165) is 6.42 Å². The first kappa shape index (κ1) is 22.8. The van der Waals surface area contributed by atoms with Gasteiger partial charge in [0, 0.05) is 0 Å². The van der Waals surface area contributed by atoms with Crippen molar-refractivity contribution >= 4 is 0 Å². The third-order valence-corrected chi connectivity index (χ3v) is 6.93. The molecule has 0 fully saturated rings. The molecule has 6 aromatic rings. The Bertz CT molecular complexity index is 1610. The second-order valence-electron chi connectivity index (χ2n) is 9.40. The van der Waals surface area contributed by atoms with Crippen LogP contribution in [0.4, 0.5) is 0 Å². The summed E-state index contributed by atoms with van der Waals surface area (Å²) in [5.74, 6) is 0. The van der Waals surface area contributed by atoms with E-state index in [0.29, 0.717) is 0 Å². The predicted molar refractivity (Wildman–Crippen MR) is 157 cm³/mol. The lowest BCUT2D eigenvalue weighted by Crippen LogP contribution is -1.91. The number of hydrogen-bond donors (Lipinski definition) is 0. The van der Waals surface area contributed by atoms with Gasteiger partial charge in [-0.3, -0.25) is 0 Å². The molecule has 0 atom stereocenters. The lowest BCUT2D eigenvalue weighted by molar-refractivity contribution is 1.19. The zero-order valence-electron chi connectivity index (χ0n) is 20.7.